The van der Waals surface area contributed by atoms with Gasteiger partial charge in [-0.25, -0.2) is 0 Å². The molecule has 1 aromatic heterocycles. The maximum absolute atomic E-state index is 11.8. The Morgan fingerprint density at radius 1 is 1.42 bits per heavy atom. The third-order valence-electron chi connectivity index (χ3n) is 2.51. The molecule has 1 atom stereocenters. The molecular weight excluding hydrogens is 246 g/mol. The largest absolute Gasteiger partial charge is 0.481 e. The van der Waals surface area contributed by atoms with E-state index in [9.17, 15) is 9.59 Å². The fraction of sp³-hybridized carbons (Fsp3) is 0.615. The zero-order chi connectivity index (χ0) is 14.5. The van der Waals surface area contributed by atoms with Gasteiger partial charge in [-0.2, -0.15) is 5.10 Å². The lowest BCUT2D eigenvalue weighted by atomic mass is 9.87. The molecule has 0 fully saturated rings. The van der Waals surface area contributed by atoms with Gasteiger partial charge in [0.15, 0.2) is 0 Å². The molecule has 0 bridgehead atoms. The summed E-state index contributed by atoms with van der Waals surface area (Å²) in [6, 6.07) is 1.37. The molecular formula is C13H21N3O3. The molecule has 1 unspecified atom stereocenters. The quantitative estimate of drug-likeness (QED) is 0.813. The summed E-state index contributed by atoms with van der Waals surface area (Å²) in [4.78, 5) is 22.6. The first-order valence-electron chi connectivity index (χ1n) is 6.25. The van der Waals surface area contributed by atoms with Crippen molar-refractivity contribution in [3.8, 4) is 0 Å². The Morgan fingerprint density at radius 2 is 2.11 bits per heavy atom. The van der Waals surface area contributed by atoms with Crippen molar-refractivity contribution in [2.45, 2.75) is 46.2 Å². The van der Waals surface area contributed by atoms with Crippen molar-refractivity contribution in [3.63, 3.8) is 0 Å². The van der Waals surface area contributed by atoms with E-state index in [0.29, 0.717) is 6.42 Å². The topological polar surface area (TPSA) is 84.2 Å². The summed E-state index contributed by atoms with van der Waals surface area (Å²) in [5.74, 6) is -1.13. The van der Waals surface area contributed by atoms with Crippen LogP contribution in [0.5, 0.6) is 0 Å². The second kappa shape index (κ2) is 6.36. The second-order valence-electron chi connectivity index (χ2n) is 5.83. The van der Waals surface area contributed by atoms with E-state index in [1.807, 2.05) is 20.8 Å². The Bertz CT molecular complexity index is 421. The van der Waals surface area contributed by atoms with E-state index >= 15 is 0 Å². The Labute approximate surface area is 112 Å². The zero-order valence-electron chi connectivity index (χ0n) is 11.6. The van der Waals surface area contributed by atoms with Crippen molar-refractivity contribution in [2.75, 3.05) is 0 Å². The number of carbonyl (C=O) groups excluding carboxylic acids is 1. The van der Waals surface area contributed by atoms with Gasteiger partial charge in [0.05, 0.1) is 6.42 Å². The van der Waals surface area contributed by atoms with Crippen LogP contribution >= 0.6 is 0 Å². The highest BCUT2D eigenvalue weighted by Gasteiger charge is 2.22. The maximum atomic E-state index is 11.8. The highest BCUT2D eigenvalue weighted by molar-refractivity contribution is 5.77. The third-order valence-corrected chi connectivity index (χ3v) is 2.51. The van der Waals surface area contributed by atoms with Crippen molar-refractivity contribution < 1.29 is 14.7 Å². The van der Waals surface area contributed by atoms with Crippen molar-refractivity contribution >= 4 is 11.9 Å². The van der Waals surface area contributed by atoms with Crippen LogP contribution in [0.2, 0.25) is 0 Å². The van der Waals surface area contributed by atoms with Gasteiger partial charge in [-0.05, 0) is 17.9 Å². The lowest BCUT2D eigenvalue weighted by molar-refractivity contribution is -0.137. The Morgan fingerprint density at radius 3 is 2.58 bits per heavy atom. The van der Waals surface area contributed by atoms with Gasteiger partial charge in [0.1, 0.15) is 6.54 Å². The van der Waals surface area contributed by atoms with Crippen LogP contribution in [0.4, 0.5) is 0 Å². The van der Waals surface area contributed by atoms with Gasteiger partial charge in [0.2, 0.25) is 5.91 Å². The van der Waals surface area contributed by atoms with E-state index in [2.05, 4.69) is 10.4 Å². The minimum absolute atomic E-state index is 0.0426. The van der Waals surface area contributed by atoms with Crippen LogP contribution in [0.15, 0.2) is 18.5 Å². The number of carbonyl (C=O) groups is 2. The summed E-state index contributed by atoms with van der Waals surface area (Å²) in [5, 5.41) is 15.6. The van der Waals surface area contributed by atoms with Crippen LogP contribution in [-0.2, 0) is 16.1 Å². The number of carboxylic acids is 1. The summed E-state index contributed by atoms with van der Waals surface area (Å²) >= 11 is 0. The van der Waals surface area contributed by atoms with E-state index in [1.54, 1.807) is 18.5 Å². The molecule has 0 saturated carbocycles. The SMILES string of the molecule is CC(C)(C)CC(CC(=O)O)NC(=O)Cn1cccn1. The van der Waals surface area contributed by atoms with Crippen molar-refractivity contribution in [2.24, 2.45) is 5.41 Å². The predicted molar refractivity (Wildman–Crippen MR) is 70.5 cm³/mol. The fourth-order valence-corrected chi connectivity index (χ4v) is 1.94. The minimum Gasteiger partial charge on any atom is -0.481 e. The van der Waals surface area contributed by atoms with Crippen molar-refractivity contribution in [1.29, 1.82) is 0 Å². The Kier molecular flexibility index (Phi) is 5.09. The highest BCUT2D eigenvalue weighted by Crippen LogP contribution is 2.22. The summed E-state index contributed by atoms with van der Waals surface area (Å²) in [6.07, 6.45) is 3.83. The van der Waals surface area contributed by atoms with Gasteiger partial charge >= 0.3 is 5.97 Å². The van der Waals surface area contributed by atoms with Crippen LogP contribution in [0.3, 0.4) is 0 Å². The number of hydrogen-bond donors (Lipinski definition) is 2. The number of amides is 1. The molecule has 0 aromatic carbocycles. The molecule has 1 amide bonds. The monoisotopic (exact) mass is 267 g/mol. The number of rotatable bonds is 6. The molecule has 0 aliphatic rings. The predicted octanol–water partition coefficient (Wildman–Crippen LogP) is 1.28. The smallest absolute Gasteiger partial charge is 0.305 e. The average Bonchev–Trinajstić information content (AvgIpc) is 2.65. The molecule has 19 heavy (non-hydrogen) atoms. The highest BCUT2D eigenvalue weighted by atomic mass is 16.4. The lowest BCUT2D eigenvalue weighted by Crippen LogP contribution is -2.40. The number of nitrogens with one attached hydrogen (secondary N) is 1. The molecule has 0 spiro atoms. The minimum atomic E-state index is -0.909. The maximum Gasteiger partial charge on any atom is 0.305 e. The Balaban J connectivity index is 2.55. The number of nitrogens with zero attached hydrogens (tertiary/aromatic N) is 2. The molecule has 0 saturated heterocycles. The van der Waals surface area contributed by atoms with Gasteiger partial charge < -0.3 is 10.4 Å². The Hall–Kier alpha value is -1.85. The first kappa shape index (κ1) is 15.2. The van der Waals surface area contributed by atoms with Gasteiger partial charge in [-0.3, -0.25) is 14.3 Å². The van der Waals surface area contributed by atoms with Crippen molar-refractivity contribution in [1.82, 2.24) is 15.1 Å². The number of hydrogen-bond acceptors (Lipinski definition) is 3. The molecule has 2 N–H and O–H groups in total. The van der Waals surface area contributed by atoms with Crippen LogP contribution in [-0.4, -0.2) is 32.8 Å². The van der Waals surface area contributed by atoms with E-state index in [0.717, 1.165) is 0 Å². The summed E-state index contributed by atoms with van der Waals surface area (Å²) in [6.45, 7) is 6.15. The molecule has 6 heteroatoms. The second-order valence-corrected chi connectivity index (χ2v) is 5.83. The lowest BCUT2D eigenvalue weighted by Gasteiger charge is -2.25. The zero-order valence-corrected chi connectivity index (χ0v) is 11.6. The van der Waals surface area contributed by atoms with Gasteiger partial charge in [0.25, 0.3) is 0 Å². The van der Waals surface area contributed by atoms with Gasteiger partial charge in [-0.1, -0.05) is 20.8 Å². The number of aliphatic carboxylic acids is 1. The van der Waals surface area contributed by atoms with Gasteiger partial charge in [0, 0.05) is 18.4 Å². The van der Waals surface area contributed by atoms with E-state index in [-0.39, 0.29) is 30.3 Å². The molecule has 6 nitrogen and oxygen atoms in total. The van der Waals surface area contributed by atoms with Crippen LogP contribution in [0.25, 0.3) is 0 Å². The summed E-state index contributed by atoms with van der Waals surface area (Å²) in [5.41, 5.74) is -0.0426. The number of carboxylic acid groups (broad SMARTS) is 1. The van der Waals surface area contributed by atoms with E-state index in [4.69, 9.17) is 5.11 Å². The fourth-order valence-electron chi connectivity index (χ4n) is 1.94. The van der Waals surface area contributed by atoms with E-state index < -0.39 is 5.97 Å². The van der Waals surface area contributed by atoms with Crippen LogP contribution in [0.1, 0.15) is 33.6 Å². The summed E-state index contributed by atoms with van der Waals surface area (Å²) in [7, 11) is 0. The molecule has 106 valence electrons. The van der Waals surface area contributed by atoms with Crippen molar-refractivity contribution in [3.05, 3.63) is 18.5 Å². The normalized spacial score (nSPS) is 13.0. The third kappa shape index (κ3) is 6.59. The van der Waals surface area contributed by atoms with E-state index in [1.165, 1.54) is 4.68 Å². The molecule has 0 radical (unpaired) electrons. The standard InChI is InChI=1S/C13H21N3O3/c1-13(2,3)8-10(7-12(18)19)15-11(17)9-16-6-4-5-14-16/h4-6,10H,7-9H2,1-3H3,(H,15,17)(H,18,19). The average molecular weight is 267 g/mol. The van der Waals surface area contributed by atoms with Crippen LogP contribution < -0.4 is 5.32 Å². The first-order chi connectivity index (χ1) is 8.76. The molecule has 1 heterocycles. The first-order valence-corrected chi connectivity index (χ1v) is 6.25. The number of aromatic nitrogens is 2. The van der Waals surface area contributed by atoms with Crippen LogP contribution in [0, 0.1) is 5.41 Å². The molecule has 1 aromatic rings. The summed E-state index contributed by atoms with van der Waals surface area (Å²) < 4.78 is 1.50. The molecule has 1 rings (SSSR count). The molecule has 0 aliphatic carbocycles. The van der Waals surface area contributed by atoms with Gasteiger partial charge in [-0.15, -0.1) is 0 Å². The molecule has 0 aliphatic heterocycles.